The molecule has 2 aromatic heterocycles. The molecular formula is C22H24F3N7O2S. The van der Waals surface area contributed by atoms with E-state index < -0.39 is 18.5 Å². The molecule has 13 heteroatoms. The van der Waals surface area contributed by atoms with Gasteiger partial charge >= 0.3 is 6.18 Å². The highest BCUT2D eigenvalue weighted by Crippen LogP contribution is 2.31. The molecule has 3 heterocycles. The van der Waals surface area contributed by atoms with Crippen LogP contribution < -0.4 is 15.5 Å². The highest BCUT2D eigenvalue weighted by Gasteiger charge is 2.31. The van der Waals surface area contributed by atoms with Crippen molar-refractivity contribution in [3.8, 4) is 0 Å². The van der Waals surface area contributed by atoms with Crippen molar-refractivity contribution >= 4 is 40.8 Å². The number of nitrogens with zero attached hydrogens (tertiary/aromatic N) is 4. The number of aryl methyl sites for hydroxylation is 1. The van der Waals surface area contributed by atoms with Gasteiger partial charge in [0.25, 0.3) is 0 Å². The molecule has 4 N–H and O–H groups in total. The van der Waals surface area contributed by atoms with Crippen molar-refractivity contribution in [1.29, 1.82) is 0 Å². The summed E-state index contributed by atoms with van der Waals surface area (Å²) < 4.78 is 37.1. The highest BCUT2D eigenvalue weighted by atomic mass is 32.2. The van der Waals surface area contributed by atoms with Crippen LogP contribution in [-0.2, 0) is 4.79 Å². The Labute approximate surface area is 203 Å². The van der Waals surface area contributed by atoms with Gasteiger partial charge in [0.15, 0.2) is 5.16 Å². The summed E-state index contributed by atoms with van der Waals surface area (Å²) >= 11 is 1.28. The molecule has 0 spiro atoms. The molecule has 0 saturated carbocycles. The topological polar surface area (TPSA) is 119 Å². The van der Waals surface area contributed by atoms with E-state index in [0.717, 1.165) is 10.6 Å². The zero-order chi connectivity index (χ0) is 25.0. The van der Waals surface area contributed by atoms with E-state index in [2.05, 4.69) is 35.7 Å². The van der Waals surface area contributed by atoms with Crippen molar-refractivity contribution in [1.82, 2.24) is 20.2 Å². The van der Waals surface area contributed by atoms with Gasteiger partial charge in [-0.05, 0) is 55.8 Å². The average Bonchev–Trinajstić information content (AvgIpc) is 3.18. The Morgan fingerprint density at radius 2 is 1.91 bits per heavy atom. The number of aromatic amines is 1. The van der Waals surface area contributed by atoms with Crippen LogP contribution in [0.4, 0.5) is 36.3 Å². The molecule has 0 radical (unpaired) electrons. The molecular weight excluding hydrogens is 483 g/mol. The number of aliphatic hydroxyl groups is 1. The lowest BCUT2D eigenvalue weighted by Crippen LogP contribution is -2.36. The summed E-state index contributed by atoms with van der Waals surface area (Å²) in [6.45, 7) is 3.19. The van der Waals surface area contributed by atoms with Crippen LogP contribution in [0.1, 0.15) is 25.0 Å². The Balaban J connectivity index is 1.51. The zero-order valence-corrected chi connectivity index (χ0v) is 19.6. The van der Waals surface area contributed by atoms with Crippen LogP contribution >= 0.6 is 11.8 Å². The van der Waals surface area contributed by atoms with Crippen LogP contribution in [0, 0.1) is 6.92 Å². The van der Waals surface area contributed by atoms with Crippen LogP contribution in [0.5, 0.6) is 0 Å². The molecule has 186 valence electrons. The number of H-pyrrole nitrogens is 1. The molecule has 35 heavy (non-hydrogen) atoms. The van der Waals surface area contributed by atoms with Crippen molar-refractivity contribution in [2.24, 2.45) is 0 Å². The summed E-state index contributed by atoms with van der Waals surface area (Å²) in [5.41, 5.74) is 1.09. The van der Waals surface area contributed by atoms with Gasteiger partial charge in [0.05, 0.1) is 11.8 Å². The normalized spacial score (nSPS) is 14.7. The SMILES string of the molecule is Cc1cc(Nc2cc(N3CCC(O)CC3)nc(Sc3ccc(NC(=O)CC(F)(F)F)cc3)n2)[nH]n1. The first-order valence-electron chi connectivity index (χ1n) is 10.9. The standard InChI is InChI=1S/C22H24F3N7O2S/c1-13-10-18(31-30-13)27-17-11-19(32-8-6-15(33)7-9-32)29-21(28-17)35-16-4-2-14(3-5-16)26-20(34)12-22(23,24)25/h2-5,10-11,15,33H,6-9,12H2,1H3,(H,26,34)(H2,27,28,29,30,31). The fraction of sp³-hybridized carbons (Fsp3) is 0.364. The number of aliphatic hydroxyl groups excluding tert-OH is 1. The Morgan fingerprint density at radius 1 is 1.20 bits per heavy atom. The monoisotopic (exact) mass is 507 g/mol. The number of hydrogen-bond acceptors (Lipinski definition) is 8. The van der Waals surface area contributed by atoms with Gasteiger partial charge in [0.2, 0.25) is 5.91 Å². The van der Waals surface area contributed by atoms with Gasteiger partial charge < -0.3 is 20.6 Å². The third-order valence-electron chi connectivity index (χ3n) is 5.16. The van der Waals surface area contributed by atoms with E-state index in [0.29, 0.717) is 48.5 Å². The Hall–Kier alpha value is -3.32. The maximum Gasteiger partial charge on any atom is 0.397 e. The molecule has 9 nitrogen and oxygen atoms in total. The number of amides is 1. The van der Waals surface area contributed by atoms with Crippen molar-refractivity contribution in [3.63, 3.8) is 0 Å². The smallest absolute Gasteiger partial charge is 0.393 e. The summed E-state index contributed by atoms with van der Waals surface area (Å²) in [7, 11) is 0. The number of hydrogen-bond donors (Lipinski definition) is 4. The summed E-state index contributed by atoms with van der Waals surface area (Å²) in [5, 5.41) is 22.7. The van der Waals surface area contributed by atoms with E-state index in [1.165, 1.54) is 23.9 Å². The minimum Gasteiger partial charge on any atom is -0.393 e. The van der Waals surface area contributed by atoms with Gasteiger partial charge in [-0.3, -0.25) is 9.89 Å². The molecule has 0 aliphatic carbocycles. The molecule has 0 bridgehead atoms. The third kappa shape index (κ3) is 7.33. The van der Waals surface area contributed by atoms with E-state index in [9.17, 15) is 23.1 Å². The first kappa shape index (κ1) is 24.8. The second kappa shape index (κ2) is 10.5. The molecule has 1 aliphatic rings. The lowest BCUT2D eigenvalue weighted by atomic mass is 10.1. The van der Waals surface area contributed by atoms with Crippen molar-refractivity contribution in [2.75, 3.05) is 28.6 Å². The van der Waals surface area contributed by atoms with Crippen molar-refractivity contribution < 1.29 is 23.1 Å². The Bertz CT molecular complexity index is 1160. The number of anilines is 4. The lowest BCUT2D eigenvalue weighted by molar-refractivity contribution is -0.150. The quantitative estimate of drug-likeness (QED) is 0.351. The Morgan fingerprint density at radius 3 is 2.54 bits per heavy atom. The summed E-state index contributed by atoms with van der Waals surface area (Å²) in [5.74, 6) is 0.828. The van der Waals surface area contributed by atoms with Crippen LogP contribution in [0.2, 0.25) is 0 Å². The number of halogens is 3. The van der Waals surface area contributed by atoms with Gasteiger partial charge in [-0.2, -0.15) is 18.3 Å². The van der Waals surface area contributed by atoms with E-state index >= 15 is 0 Å². The van der Waals surface area contributed by atoms with Crippen LogP contribution in [0.3, 0.4) is 0 Å². The van der Waals surface area contributed by atoms with Gasteiger partial charge in [0.1, 0.15) is 23.9 Å². The van der Waals surface area contributed by atoms with Crippen LogP contribution in [0.25, 0.3) is 0 Å². The van der Waals surface area contributed by atoms with Crippen molar-refractivity contribution in [2.45, 2.75) is 48.5 Å². The number of aromatic nitrogens is 4. The molecule has 3 aromatic rings. The highest BCUT2D eigenvalue weighted by molar-refractivity contribution is 7.99. The second-order valence-corrected chi connectivity index (χ2v) is 9.17. The van der Waals surface area contributed by atoms with Crippen LogP contribution in [-0.4, -0.2) is 56.5 Å². The van der Waals surface area contributed by atoms with Gasteiger partial charge in [0, 0.05) is 35.8 Å². The van der Waals surface area contributed by atoms with Crippen LogP contribution in [0.15, 0.2) is 46.5 Å². The fourth-order valence-corrected chi connectivity index (χ4v) is 4.27. The van der Waals surface area contributed by atoms with E-state index in [4.69, 9.17) is 0 Å². The summed E-state index contributed by atoms with van der Waals surface area (Å²) in [4.78, 5) is 23.6. The van der Waals surface area contributed by atoms with Crippen molar-refractivity contribution in [3.05, 3.63) is 42.1 Å². The maximum atomic E-state index is 12.4. The number of benzene rings is 1. The molecule has 1 amide bonds. The minimum absolute atomic E-state index is 0.266. The summed E-state index contributed by atoms with van der Waals surface area (Å²) in [6.07, 6.45) is -5.12. The first-order valence-corrected chi connectivity index (χ1v) is 11.7. The zero-order valence-electron chi connectivity index (χ0n) is 18.8. The predicted molar refractivity (Wildman–Crippen MR) is 126 cm³/mol. The molecule has 1 saturated heterocycles. The first-order chi connectivity index (χ1) is 16.6. The molecule has 0 unspecified atom stereocenters. The number of carbonyl (C=O) groups excluding carboxylic acids is 1. The Kier molecular flexibility index (Phi) is 7.45. The molecule has 4 rings (SSSR count). The fourth-order valence-electron chi connectivity index (χ4n) is 3.50. The minimum atomic E-state index is -4.56. The number of nitrogens with one attached hydrogen (secondary N) is 3. The second-order valence-electron chi connectivity index (χ2n) is 8.13. The molecule has 1 fully saturated rings. The van der Waals surface area contributed by atoms with E-state index in [1.807, 2.05) is 19.1 Å². The maximum absolute atomic E-state index is 12.4. The predicted octanol–water partition coefficient (Wildman–Crippen LogP) is 4.25. The van der Waals surface area contributed by atoms with Gasteiger partial charge in [-0.25, -0.2) is 9.97 Å². The largest absolute Gasteiger partial charge is 0.397 e. The van der Waals surface area contributed by atoms with Gasteiger partial charge in [-0.1, -0.05) is 0 Å². The summed E-state index contributed by atoms with van der Waals surface area (Å²) in [6, 6.07) is 10.1. The number of alkyl halides is 3. The molecule has 1 aromatic carbocycles. The lowest BCUT2D eigenvalue weighted by Gasteiger charge is -2.30. The number of piperidine rings is 1. The molecule has 0 atom stereocenters. The van der Waals surface area contributed by atoms with E-state index in [1.54, 1.807) is 12.1 Å². The average molecular weight is 508 g/mol. The number of rotatable bonds is 7. The van der Waals surface area contributed by atoms with Gasteiger partial charge in [-0.15, -0.1) is 0 Å². The third-order valence-corrected chi connectivity index (χ3v) is 6.03. The number of carbonyl (C=O) groups is 1. The molecule has 1 aliphatic heterocycles. The van der Waals surface area contributed by atoms with E-state index in [-0.39, 0.29) is 11.8 Å².